The minimum absolute atomic E-state index is 0.286. The number of carbonyl (C=O) groups excluding carboxylic acids is 1. The molecule has 3 aromatic rings. The van der Waals surface area contributed by atoms with Crippen LogP contribution in [-0.2, 0) is 9.53 Å². The summed E-state index contributed by atoms with van der Waals surface area (Å²) < 4.78 is 5.59. The highest BCUT2D eigenvalue weighted by Crippen LogP contribution is 2.30. The second kappa shape index (κ2) is 11.4. The Kier molecular flexibility index (Phi) is 8.04. The molecule has 1 aliphatic rings. The fraction of sp³-hybridized carbons (Fsp3) is 0.448. The van der Waals surface area contributed by atoms with Gasteiger partial charge in [0.2, 0.25) is 0 Å². The summed E-state index contributed by atoms with van der Waals surface area (Å²) in [6.45, 7) is 11.8. The molecule has 1 aliphatic heterocycles. The summed E-state index contributed by atoms with van der Waals surface area (Å²) >= 11 is 0. The second-order valence-electron chi connectivity index (χ2n) is 9.49. The highest BCUT2D eigenvalue weighted by Gasteiger charge is 2.32. The molecule has 0 N–H and O–H groups in total. The zero-order chi connectivity index (χ0) is 25.7. The number of piperazine rings is 1. The quantitative estimate of drug-likeness (QED) is 0.408. The molecule has 0 unspecified atom stereocenters. The summed E-state index contributed by atoms with van der Waals surface area (Å²) in [5.41, 5.74) is 5.61. The molecule has 1 atom stereocenters. The highest BCUT2D eigenvalue weighted by molar-refractivity contribution is 5.85. The maximum atomic E-state index is 13.0. The number of para-hydroxylation sites is 2. The molecule has 0 radical (unpaired) electrons. The molecule has 0 bridgehead atoms. The summed E-state index contributed by atoms with van der Waals surface area (Å²) in [7, 11) is 0. The lowest BCUT2D eigenvalue weighted by Gasteiger charge is -2.38. The molecule has 7 nitrogen and oxygen atoms in total. The van der Waals surface area contributed by atoms with Crippen molar-refractivity contribution in [3.8, 4) is 6.07 Å². The molecule has 0 aliphatic carbocycles. The van der Waals surface area contributed by atoms with Crippen molar-refractivity contribution in [2.75, 3.05) is 42.6 Å². The number of carbonyl (C=O) groups is 1. The number of hydrogen-bond acceptors (Lipinski definition) is 7. The number of esters is 1. The van der Waals surface area contributed by atoms with E-state index >= 15 is 0 Å². The van der Waals surface area contributed by atoms with E-state index in [9.17, 15) is 10.1 Å². The lowest BCUT2D eigenvalue weighted by Crippen LogP contribution is -2.47. The van der Waals surface area contributed by atoms with Crippen molar-refractivity contribution < 1.29 is 9.53 Å². The predicted molar refractivity (Wildman–Crippen MR) is 143 cm³/mol. The molecule has 188 valence electrons. The van der Waals surface area contributed by atoms with E-state index in [1.807, 2.05) is 24.3 Å². The van der Waals surface area contributed by atoms with Crippen molar-refractivity contribution in [2.24, 2.45) is 5.92 Å². The molecule has 7 heteroatoms. The van der Waals surface area contributed by atoms with Crippen molar-refractivity contribution >= 4 is 28.5 Å². The average molecular weight is 486 g/mol. The SMILES string of the molecule is CCC(CC)COC(=O)[C@@H](C#N)c1nc2ccccc2nc1N1CCN(c2cccc(C)c2C)CC1. The molecule has 1 saturated heterocycles. The van der Waals surface area contributed by atoms with Crippen LogP contribution in [0.1, 0.15) is 49.4 Å². The molecular formula is C29H35N5O2. The van der Waals surface area contributed by atoms with Gasteiger partial charge in [0.15, 0.2) is 11.7 Å². The Morgan fingerprint density at radius 1 is 0.972 bits per heavy atom. The predicted octanol–water partition coefficient (Wildman–Crippen LogP) is 5.16. The molecular weight excluding hydrogens is 450 g/mol. The molecule has 1 fully saturated rings. The molecule has 2 aromatic carbocycles. The molecule has 0 saturated carbocycles. The molecule has 0 spiro atoms. The molecule has 1 aromatic heterocycles. The summed E-state index contributed by atoms with van der Waals surface area (Å²) in [4.78, 5) is 27.2. The van der Waals surface area contributed by atoms with Gasteiger partial charge in [-0.05, 0) is 49.1 Å². The van der Waals surface area contributed by atoms with Crippen LogP contribution in [0.25, 0.3) is 11.0 Å². The van der Waals surface area contributed by atoms with E-state index < -0.39 is 11.9 Å². The van der Waals surface area contributed by atoms with Crippen LogP contribution in [0.5, 0.6) is 0 Å². The number of anilines is 2. The van der Waals surface area contributed by atoms with E-state index in [4.69, 9.17) is 14.7 Å². The van der Waals surface area contributed by atoms with Crippen molar-refractivity contribution in [2.45, 2.75) is 46.5 Å². The highest BCUT2D eigenvalue weighted by atomic mass is 16.5. The Bertz CT molecular complexity index is 1260. The number of aromatic nitrogens is 2. The van der Waals surface area contributed by atoms with Crippen LogP contribution in [-0.4, -0.2) is 48.7 Å². The lowest BCUT2D eigenvalue weighted by molar-refractivity contribution is -0.145. The fourth-order valence-corrected chi connectivity index (χ4v) is 4.70. The smallest absolute Gasteiger partial charge is 0.329 e. The van der Waals surface area contributed by atoms with Gasteiger partial charge in [0, 0.05) is 31.9 Å². The second-order valence-corrected chi connectivity index (χ2v) is 9.49. The van der Waals surface area contributed by atoms with Gasteiger partial charge in [0.05, 0.1) is 23.7 Å². The van der Waals surface area contributed by atoms with E-state index in [2.05, 4.69) is 61.8 Å². The Morgan fingerprint density at radius 3 is 2.25 bits per heavy atom. The third-order valence-electron chi connectivity index (χ3n) is 7.33. The Labute approximate surface area is 213 Å². The van der Waals surface area contributed by atoms with Crippen LogP contribution >= 0.6 is 0 Å². The van der Waals surface area contributed by atoms with Crippen LogP contribution in [0.4, 0.5) is 11.5 Å². The van der Waals surface area contributed by atoms with Gasteiger partial charge >= 0.3 is 5.97 Å². The Balaban J connectivity index is 1.62. The number of hydrogen-bond donors (Lipinski definition) is 0. The zero-order valence-electron chi connectivity index (χ0n) is 21.7. The van der Waals surface area contributed by atoms with E-state index in [1.54, 1.807) is 0 Å². The van der Waals surface area contributed by atoms with Gasteiger partial charge in [0.1, 0.15) is 5.69 Å². The maximum Gasteiger partial charge on any atom is 0.329 e. The van der Waals surface area contributed by atoms with Gasteiger partial charge < -0.3 is 14.5 Å². The fourth-order valence-electron chi connectivity index (χ4n) is 4.70. The van der Waals surface area contributed by atoms with Gasteiger partial charge in [-0.2, -0.15) is 5.26 Å². The van der Waals surface area contributed by atoms with Gasteiger partial charge in [-0.25, -0.2) is 9.97 Å². The number of ether oxygens (including phenoxy) is 1. The molecule has 0 amide bonds. The van der Waals surface area contributed by atoms with E-state index in [-0.39, 0.29) is 5.92 Å². The minimum atomic E-state index is -1.12. The number of nitriles is 1. The van der Waals surface area contributed by atoms with E-state index in [0.717, 1.165) is 31.4 Å². The van der Waals surface area contributed by atoms with E-state index in [0.29, 0.717) is 36.7 Å². The van der Waals surface area contributed by atoms with Crippen LogP contribution < -0.4 is 9.80 Å². The minimum Gasteiger partial charge on any atom is -0.464 e. The first-order valence-corrected chi connectivity index (χ1v) is 12.9. The number of rotatable bonds is 8. The van der Waals surface area contributed by atoms with Crippen LogP contribution in [0.3, 0.4) is 0 Å². The third-order valence-corrected chi connectivity index (χ3v) is 7.33. The van der Waals surface area contributed by atoms with Crippen LogP contribution in [0, 0.1) is 31.1 Å². The molecule has 2 heterocycles. The number of fused-ring (bicyclic) bond motifs is 1. The van der Waals surface area contributed by atoms with Gasteiger partial charge in [-0.15, -0.1) is 0 Å². The van der Waals surface area contributed by atoms with E-state index in [1.165, 1.54) is 16.8 Å². The number of benzene rings is 2. The zero-order valence-corrected chi connectivity index (χ0v) is 21.7. The topological polar surface area (TPSA) is 82.3 Å². The first-order valence-electron chi connectivity index (χ1n) is 12.9. The third kappa shape index (κ3) is 5.28. The van der Waals surface area contributed by atoms with Crippen LogP contribution in [0.15, 0.2) is 42.5 Å². The first kappa shape index (κ1) is 25.4. The monoisotopic (exact) mass is 485 g/mol. The first-order chi connectivity index (χ1) is 17.5. The summed E-state index contributed by atoms with van der Waals surface area (Å²) in [6.07, 6.45) is 1.85. The standard InChI is InChI=1S/C29H35N5O2/c1-5-22(6-2)19-36-29(35)23(18-30)27-28(32-25-12-8-7-11-24(25)31-27)34-16-14-33(15-17-34)26-13-9-10-20(3)21(26)4/h7-13,22-23H,5-6,14-17,19H2,1-4H3/t23-/m0/s1. The summed E-state index contributed by atoms with van der Waals surface area (Å²) in [6, 6.07) is 16.1. The van der Waals surface area contributed by atoms with Crippen molar-refractivity contribution in [3.63, 3.8) is 0 Å². The largest absolute Gasteiger partial charge is 0.464 e. The van der Waals surface area contributed by atoms with Crippen molar-refractivity contribution in [1.82, 2.24) is 9.97 Å². The maximum absolute atomic E-state index is 13.0. The van der Waals surface area contributed by atoms with Gasteiger partial charge in [-0.3, -0.25) is 4.79 Å². The van der Waals surface area contributed by atoms with Gasteiger partial charge in [-0.1, -0.05) is 51.0 Å². The normalized spacial score (nSPS) is 14.7. The molecule has 4 rings (SSSR count). The number of aryl methyl sites for hydroxylation is 1. The van der Waals surface area contributed by atoms with Crippen molar-refractivity contribution in [1.29, 1.82) is 5.26 Å². The molecule has 36 heavy (non-hydrogen) atoms. The van der Waals surface area contributed by atoms with Crippen molar-refractivity contribution in [3.05, 3.63) is 59.3 Å². The summed E-state index contributed by atoms with van der Waals surface area (Å²) in [5, 5.41) is 10.0. The van der Waals surface area contributed by atoms with Gasteiger partial charge in [0.25, 0.3) is 0 Å². The summed E-state index contributed by atoms with van der Waals surface area (Å²) in [5.74, 6) is -0.790. The Hall–Kier alpha value is -3.66. The Morgan fingerprint density at radius 2 is 1.61 bits per heavy atom. The average Bonchev–Trinajstić information content (AvgIpc) is 2.91. The van der Waals surface area contributed by atoms with Crippen LogP contribution in [0.2, 0.25) is 0 Å². The number of nitrogens with zero attached hydrogens (tertiary/aromatic N) is 5. The lowest BCUT2D eigenvalue weighted by atomic mass is 10.0.